The number of nitrogens with one attached hydrogen (secondary N) is 2. The average Bonchev–Trinajstić information content (AvgIpc) is 2.34. The van der Waals surface area contributed by atoms with Gasteiger partial charge in [-0.2, -0.15) is 0 Å². The van der Waals surface area contributed by atoms with E-state index in [1.165, 1.54) is 11.6 Å². The summed E-state index contributed by atoms with van der Waals surface area (Å²) in [4.78, 5) is 27.6. The van der Waals surface area contributed by atoms with Crippen molar-refractivity contribution in [1.29, 1.82) is 0 Å². The molecular formula is C11H19N5O2. The molecule has 1 aliphatic rings. The van der Waals surface area contributed by atoms with Crippen LogP contribution in [-0.4, -0.2) is 40.6 Å². The SMILES string of the molecule is CN1CCC(Nc2c(N)n(C)c(=O)[nH]c2=O)CC1. The normalized spacial score (nSPS) is 17.9. The van der Waals surface area contributed by atoms with Crippen LogP contribution in [0.15, 0.2) is 9.59 Å². The smallest absolute Gasteiger partial charge is 0.329 e. The highest BCUT2D eigenvalue weighted by atomic mass is 16.2. The van der Waals surface area contributed by atoms with Gasteiger partial charge in [0.25, 0.3) is 5.56 Å². The summed E-state index contributed by atoms with van der Waals surface area (Å²) in [7, 11) is 3.61. The van der Waals surface area contributed by atoms with Gasteiger partial charge < -0.3 is 16.0 Å². The number of piperidine rings is 1. The molecule has 0 spiro atoms. The molecule has 18 heavy (non-hydrogen) atoms. The lowest BCUT2D eigenvalue weighted by Gasteiger charge is -2.30. The number of H-pyrrole nitrogens is 1. The Morgan fingerprint density at radius 2 is 1.89 bits per heavy atom. The first-order valence-electron chi connectivity index (χ1n) is 6.03. The number of aromatic amines is 1. The molecular weight excluding hydrogens is 234 g/mol. The van der Waals surface area contributed by atoms with Crippen molar-refractivity contribution in [2.45, 2.75) is 18.9 Å². The molecule has 0 bridgehead atoms. The van der Waals surface area contributed by atoms with Gasteiger partial charge in [-0.25, -0.2) is 4.79 Å². The first-order valence-corrected chi connectivity index (χ1v) is 6.03. The third-order valence-electron chi connectivity index (χ3n) is 3.44. The van der Waals surface area contributed by atoms with Crippen LogP contribution >= 0.6 is 0 Å². The summed E-state index contributed by atoms with van der Waals surface area (Å²) in [5.41, 5.74) is 5.15. The molecule has 0 unspecified atom stereocenters. The number of nitrogen functional groups attached to an aromatic ring is 1. The highest BCUT2D eigenvalue weighted by Crippen LogP contribution is 2.16. The Morgan fingerprint density at radius 1 is 1.28 bits per heavy atom. The maximum Gasteiger partial charge on any atom is 0.329 e. The monoisotopic (exact) mass is 253 g/mol. The molecule has 0 radical (unpaired) electrons. The third-order valence-corrected chi connectivity index (χ3v) is 3.44. The minimum Gasteiger partial charge on any atom is -0.383 e. The van der Waals surface area contributed by atoms with E-state index in [-0.39, 0.29) is 11.9 Å². The van der Waals surface area contributed by atoms with Crippen LogP contribution in [0.1, 0.15) is 12.8 Å². The van der Waals surface area contributed by atoms with Crippen LogP contribution < -0.4 is 22.3 Å². The van der Waals surface area contributed by atoms with Gasteiger partial charge in [-0.3, -0.25) is 14.3 Å². The molecule has 2 heterocycles. The summed E-state index contributed by atoms with van der Waals surface area (Å²) in [6.07, 6.45) is 1.91. The Morgan fingerprint density at radius 3 is 2.50 bits per heavy atom. The quantitative estimate of drug-likeness (QED) is 0.639. The van der Waals surface area contributed by atoms with Crippen LogP contribution in [0.25, 0.3) is 0 Å². The number of anilines is 2. The Bertz CT molecular complexity index is 539. The van der Waals surface area contributed by atoms with Crippen LogP contribution in [0, 0.1) is 0 Å². The molecule has 2 rings (SSSR count). The average molecular weight is 253 g/mol. The van der Waals surface area contributed by atoms with E-state index in [1.54, 1.807) is 0 Å². The minimum atomic E-state index is -0.494. The van der Waals surface area contributed by atoms with E-state index in [1.807, 2.05) is 0 Å². The van der Waals surface area contributed by atoms with E-state index in [4.69, 9.17) is 5.73 Å². The summed E-state index contributed by atoms with van der Waals surface area (Å²) >= 11 is 0. The summed E-state index contributed by atoms with van der Waals surface area (Å²) < 4.78 is 1.23. The first kappa shape index (κ1) is 12.7. The summed E-state index contributed by atoms with van der Waals surface area (Å²) in [6.45, 7) is 1.97. The van der Waals surface area contributed by atoms with Crippen molar-refractivity contribution < 1.29 is 0 Å². The van der Waals surface area contributed by atoms with Gasteiger partial charge in [0.1, 0.15) is 11.5 Å². The van der Waals surface area contributed by atoms with Crippen molar-refractivity contribution in [3.8, 4) is 0 Å². The molecule has 0 amide bonds. The Balaban J connectivity index is 2.22. The van der Waals surface area contributed by atoms with Crippen LogP contribution in [0.4, 0.5) is 11.5 Å². The second-order valence-electron chi connectivity index (χ2n) is 4.80. The molecule has 7 heteroatoms. The van der Waals surface area contributed by atoms with Crippen LogP contribution in [0.3, 0.4) is 0 Å². The van der Waals surface area contributed by atoms with Gasteiger partial charge in [0.05, 0.1) is 0 Å². The zero-order valence-electron chi connectivity index (χ0n) is 10.7. The second kappa shape index (κ2) is 4.85. The highest BCUT2D eigenvalue weighted by molar-refractivity contribution is 5.60. The van der Waals surface area contributed by atoms with Crippen molar-refractivity contribution in [2.24, 2.45) is 7.05 Å². The van der Waals surface area contributed by atoms with E-state index in [9.17, 15) is 9.59 Å². The number of hydrogen-bond donors (Lipinski definition) is 3. The number of nitrogens with two attached hydrogens (primary N) is 1. The fourth-order valence-electron chi connectivity index (χ4n) is 2.13. The third kappa shape index (κ3) is 2.40. The Labute approximate surface area is 105 Å². The summed E-state index contributed by atoms with van der Waals surface area (Å²) in [5.74, 6) is 0.183. The molecule has 1 saturated heterocycles. The van der Waals surface area contributed by atoms with E-state index in [0.29, 0.717) is 5.69 Å². The fourth-order valence-corrected chi connectivity index (χ4v) is 2.13. The van der Waals surface area contributed by atoms with Crippen molar-refractivity contribution >= 4 is 11.5 Å². The maximum atomic E-state index is 11.7. The second-order valence-corrected chi connectivity index (χ2v) is 4.80. The van der Waals surface area contributed by atoms with Gasteiger partial charge in [0.15, 0.2) is 0 Å². The zero-order valence-corrected chi connectivity index (χ0v) is 10.7. The molecule has 0 aliphatic carbocycles. The van der Waals surface area contributed by atoms with Crippen LogP contribution in [0.5, 0.6) is 0 Å². The van der Waals surface area contributed by atoms with Gasteiger partial charge in [0.2, 0.25) is 0 Å². The molecule has 1 aromatic heterocycles. The predicted octanol–water partition coefficient (Wildman–Crippen LogP) is -0.838. The summed E-state index contributed by atoms with van der Waals surface area (Å²) in [5, 5.41) is 3.15. The molecule has 7 nitrogen and oxygen atoms in total. The van der Waals surface area contributed by atoms with Gasteiger partial charge in [0, 0.05) is 13.1 Å². The standard InChI is InChI=1S/C11H19N5O2/c1-15-5-3-7(4-6-15)13-8-9(12)16(2)11(18)14-10(8)17/h7,13H,3-6,12H2,1-2H3,(H,14,17,18). The summed E-state index contributed by atoms with van der Waals surface area (Å²) in [6, 6.07) is 0.224. The topological polar surface area (TPSA) is 96.2 Å². The lowest BCUT2D eigenvalue weighted by molar-refractivity contribution is 0.264. The Hall–Kier alpha value is -1.76. The number of hydrogen-bond acceptors (Lipinski definition) is 5. The zero-order chi connectivity index (χ0) is 13.3. The molecule has 1 aliphatic heterocycles. The largest absolute Gasteiger partial charge is 0.383 e. The van der Waals surface area contributed by atoms with Crippen LogP contribution in [0.2, 0.25) is 0 Å². The lowest BCUT2D eigenvalue weighted by Crippen LogP contribution is -2.39. The molecule has 0 atom stereocenters. The van der Waals surface area contributed by atoms with E-state index in [0.717, 1.165) is 25.9 Å². The number of aromatic nitrogens is 2. The predicted molar refractivity (Wildman–Crippen MR) is 70.9 cm³/mol. The molecule has 100 valence electrons. The molecule has 1 aromatic rings. The fraction of sp³-hybridized carbons (Fsp3) is 0.636. The lowest BCUT2D eigenvalue weighted by atomic mass is 10.1. The Kier molecular flexibility index (Phi) is 3.42. The van der Waals surface area contributed by atoms with Gasteiger partial charge >= 0.3 is 5.69 Å². The van der Waals surface area contributed by atoms with Gasteiger partial charge in [-0.1, -0.05) is 0 Å². The minimum absolute atomic E-state index is 0.183. The van der Waals surface area contributed by atoms with Crippen molar-refractivity contribution in [3.63, 3.8) is 0 Å². The van der Waals surface area contributed by atoms with Crippen LogP contribution in [-0.2, 0) is 7.05 Å². The maximum absolute atomic E-state index is 11.7. The highest BCUT2D eigenvalue weighted by Gasteiger charge is 2.19. The number of rotatable bonds is 2. The number of nitrogens with zero attached hydrogens (tertiary/aromatic N) is 2. The van der Waals surface area contributed by atoms with Crippen molar-refractivity contribution in [2.75, 3.05) is 31.2 Å². The van der Waals surface area contributed by atoms with E-state index in [2.05, 4.69) is 22.2 Å². The molecule has 4 N–H and O–H groups in total. The van der Waals surface area contributed by atoms with E-state index < -0.39 is 11.2 Å². The molecule has 0 aromatic carbocycles. The van der Waals surface area contributed by atoms with Gasteiger partial charge in [-0.05, 0) is 33.0 Å². The van der Waals surface area contributed by atoms with Crippen molar-refractivity contribution in [1.82, 2.24) is 14.5 Å². The van der Waals surface area contributed by atoms with Crippen molar-refractivity contribution in [3.05, 3.63) is 20.8 Å². The first-order chi connectivity index (χ1) is 8.49. The molecule has 0 saturated carbocycles. The van der Waals surface area contributed by atoms with E-state index >= 15 is 0 Å². The van der Waals surface area contributed by atoms with Gasteiger partial charge in [-0.15, -0.1) is 0 Å². The molecule has 1 fully saturated rings. The number of likely N-dealkylation sites (tertiary alicyclic amines) is 1.